The second-order valence-corrected chi connectivity index (χ2v) is 21.9. The monoisotopic (exact) mass is 577 g/mol. The number of hydrogen-bond donors (Lipinski definition) is 1. The van der Waals surface area contributed by atoms with E-state index < -0.39 is 58.2 Å². The van der Waals surface area contributed by atoms with E-state index in [1.807, 2.05) is 6.92 Å². The molecule has 0 spiro atoms. The Bertz CT molecular complexity index is 1040. The van der Waals surface area contributed by atoms with Crippen molar-refractivity contribution in [2.45, 2.75) is 107 Å². The Balaban J connectivity index is 2.13. The van der Waals surface area contributed by atoms with Gasteiger partial charge in [0.25, 0.3) is 10.1 Å². The highest BCUT2D eigenvalue weighted by atomic mass is 32.2. The van der Waals surface area contributed by atoms with Crippen LogP contribution in [0.4, 0.5) is 0 Å². The third-order valence-corrected chi connectivity index (χ3v) is 19.1. The predicted octanol–water partition coefficient (Wildman–Crippen LogP) is 4.68. The van der Waals surface area contributed by atoms with Crippen molar-refractivity contribution < 1.29 is 36.5 Å². The molecule has 2 N–H and O–H groups in total. The fraction of sp³-hybridized carbons (Fsp3) is 0.760. The zero-order chi connectivity index (χ0) is 28.7. The Morgan fingerprint density at radius 2 is 1.57 bits per heavy atom. The minimum Gasteiger partial charge on any atom is -0.414 e. The second-order valence-electron chi connectivity index (χ2n) is 11.4. The van der Waals surface area contributed by atoms with Crippen LogP contribution < -0.4 is 5.90 Å². The van der Waals surface area contributed by atoms with Crippen molar-refractivity contribution >= 4 is 27.2 Å². The first-order chi connectivity index (χ1) is 17.6. The highest BCUT2D eigenvalue weighted by molar-refractivity contribution is 7.86. The van der Waals surface area contributed by atoms with E-state index in [1.54, 1.807) is 12.1 Å². The largest absolute Gasteiger partial charge is 0.414 e. The number of rotatable bonds is 9. The van der Waals surface area contributed by atoms with Crippen LogP contribution in [-0.4, -0.2) is 63.1 Å². The minimum atomic E-state index is -4.14. The maximum absolute atomic E-state index is 13.2. The van der Waals surface area contributed by atoms with E-state index >= 15 is 0 Å². The molecule has 1 aromatic carbocycles. The van der Waals surface area contributed by atoms with Gasteiger partial charge in [-0.25, -0.2) is 5.90 Å². The third kappa shape index (κ3) is 5.79. The summed E-state index contributed by atoms with van der Waals surface area (Å²) < 4.78 is 67.7. The lowest BCUT2D eigenvalue weighted by Gasteiger charge is -2.53. The van der Waals surface area contributed by atoms with E-state index in [9.17, 15) is 8.42 Å². The van der Waals surface area contributed by atoms with Crippen LogP contribution in [0.3, 0.4) is 0 Å². The van der Waals surface area contributed by atoms with E-state index in [0.717, 1.165) is 5.56 Å². The first kappa shape index (κ1) is 29.3. The van der Waals surface area contributed by atoms with Gasteiger partial charge in [-0.1, -0.05) is 73.1 Å². The Labute approximate surface area is 226 Å². The first-order valence-electron chi connectivity index (χ1n) is 13.6. The van der Waals surface area contributed by atoms with Crippen LogP contribution in [0.1, 0.15) is 62.3 Å². The molecule has 2 aliphatic heterocycles. The van der Waals surface area contributed by atoms with E-state index in [4.69, 9.17) is 34.0 Å². The molecule has 0 aromatic heterocycles. The number of fused-ring (bicyclic) bond motifs is 1. The summed E-state index contributed by atoms with van der Waals surface area (Å²) >= 11 is 0. The second kappa shape index (κ2) is 11.4. The Morgan fingerprint density at radius 1 is 1.03 bits per heavy atom. The molecule has 1 aromatic rings. The van der Waals surface area contributed by atoms with Crippen LogP contribution in [0.25, 0.3) is 0 Å². The fourth-order valence-corrected chi connectivity index (χ4v) is 17.5. The highest BCUT2D eigenvalue weighted by Gasteiger charge is 2.64. The van der Waals surface area contributed by atoms with E-state index in [-0.39, 0.29) is 33.7 Å². The molecular formula is C25H45NO8SSi2. The van der Waals surface area contributed by atoms with Gasteiger partial charge in [-0.15, -0.1) is 0 Å². The van der Waals surface area contributed by atoms with Crippen molar-refractivity contribution in [3.8, 4) is 0 Å². The molecule has 0 amide bonds. The van der Waals surface area contributed by atoms with E-state index in [0.29, 0.717) is 0 Å². The average molecular weight is 578 g/mol. The fourth-order valence-electron chi connectivity index (χ4n) is 5.29. The molecule has 12 heteroatoms. The molecule has 2 saturated heterocycles. The van der Waals surface area contributed by atoms with Crippen LogP contribution in [0.5, 0.6) is 0 Å². The van der Waals surface area contributed by atoms with Gasteiger partial charge in [0.1, 0.15) is 24.4 Å². The zero-order valence-electron chi connectivity index (χ0n) is 24.5. The summed E-state index contributed by atoms with van der Waals surface area (Å²) in [5.74, 6) is 5.66. The summed E-state index contributed by atoms with van der Waals surface area (Å²) in [6.45, 7) is 16.8. The van der Waals surface area contributed by atoms with Crippen molar-refractivity contribution in [2.24, 2.45) is 5.90 Å². The SMILES string of the molecule is [3H][C@@H]1O[C@]2(COS(=O)(=O)c3ccc(C)cc3)CO[Si](C(C)C)(C(C)C)O[Si](C(C)C)(C(C)C)OC2[C@@H]1ON. The van der Waals surface area contributed by atoms with Gasteiger partial charge in [0.2, 0.25) is 0 Å². The molecule has 0 radical (unpaired) electrons. The lowest BCUT2D eigenvalue weighted by atomic mass is 9.98. The average Bonchev–Trinajstić information content (AvgIpc) is 3.07. The van der Waals surface area contributed by atoms with E-state index in [2.05, 4.69) is 55.4 Å². The van der Waals surface area contributed by atoms with Gasteiger partial charge in [-0.3, -0.25) is 9.02 Å². The number of nitrogens with two attached hydrogens (primary N) is 1. The van der Waals surface area contributed by atoms with Crippen LogP contribution in [0.2, 0.25) is 22.2 Å². The van der Waals surface area contributed by atoms with Gasteiger partial charge >= 0.3 is 17.1 Å². The molecule has 0 aliphatic carbocycles. The molecule has 2 fully saturated rings. The van der Waals surface area contributed by atoms with Gasteiger partial charge in [0.15, 0.2) is 0 Å². The van der Waals surface area contributed by atoms with Crippen LogP contribution in [0.15, 0.2) is 29.2 Å². The number of aryl methyl sites for hydroxylation is 1. The smallest absolute Gasteiger partial charge is 0.335 e. The lowest BCUT2D eigenvalue weighted by molar-refractivity contribution is -0.126. The Hall–Kier alpha value is -0.676. The van der Waals surface area contributed by atoms with Gasteiger partial charge in [-0.05, 0) is 41.2 Å². The zero-order valence-corrected chi connectivity index (χ0v) is 26.3. The number of hydrogen-bond acceptors (Lipinski definition) is 9. The van der Waals surface area contributed by atoms with Gasteiger partial charge in [-0.2, -0.15) is 8.42 Å². The maximum Gasteiger partial charge on any atom is 0.335 e. The molecule has 0 saturated carbocycles. The molecule has 212 valence electrons. The van der Waals surface area contributed by atoms with Crippen LogP contribution in [0, 0.1) is 6.92 Å². The minimum absolute atomic E-state index is 0.00620. The van der Waals surface area contributed by atoms with Crippen molar-refractivity contribution in [2.75, 3.05) is 19.8 Å². The van der Waals surface area contributed by atoms with Crippen LogP contribution >= 0.6 is 0 Å². The molecule has 4 atom stereocenters. The van der Waals surface area contributed by atoms with Gasteiger partial charge in [0, 0.05) is 0 Å². The Kier molecular flexibility index (Phi) is 9.06. The normalized spacial score (nSPS) is 30.4. The van der Waals surface area contributed by atoms with Gasteiger partial charge in [0.05, 0.1) is 19.5 Å². The van der Waals surface area contributed by atoms with Crippen molar-refractivity contribution in [3.05, 3.63) is 29.8 Å². The standard InChI is InChI=1S/C25H45NO8SSi2/c1-17(2)36(18(3)4)31-16-25(15-30-35(27,28)22-12-10-21(9)11-13-22)24(23(32-26)14-29-25)33-37(34-36,19(5)6)20(7)8/h10-13,17-20,23-24H,14-16,26H2,1-9H3/t23-,24?,25-/m1/s1/i14T/t14-,23+,24?,25+/m0. The molecule has 3 rings (SSSR count). The van der Waals surface area contributed by atoms with Crippen molar-refractivity contribution in [3.63, 3.8) is 0 Å². The Morgan fingerprint density at radius 3 is 2.05 bits per heavy atom. The predicted molar refractivity (Wildman–Crippen MR) is 146 cm³/mol. The molecule has 0 bridgehead atoms. The number of ether oxygens (including phenoxy) is 1. The molecule has 9 nitrogen and oxygen atoms in total. The van der Waals surface area contributed by atoms with Gasteiger partial charge < -0.3 is 17.7 Å². The molecule has 37 heavy (non-hydrogen) atoms. The molecule has 1 unspecified atom stereocenters. The summed E-state index contributed by atoms with van der Waals surface area (Å²) in [7, 11) is -10.2. The highest BCUT2D eigenvalue weighted by Crippen LogP contribution is 2.49. The van der Waals surface area contributed by atoms with E-state index in [1.165, 1.54) is 12.1 Å². The topological polar surface area (TPSA) is 116 Å². The molecule has 2 heterocycles. The maximum atomic E-state index is 13.2. The summed E-state index contributed by atoms with van der Waals surface area (Å²) in [5.41, 5.74) is -0.386. The molecule has 2 aliphatic rings. The summed E-state index contributed by atoms with van der Waals surface area (Å²) in [4.78, 5) is 5.25. The summed E-state index contributed by atoms with van der Waals surface area (Å²) in [6.07, 6.45) is -1.93. The first-order valence-corrected chi connectivity index (χ1v) is 18.4. The van der Waals surface area contributed by atoms with Crippen molar-refractivity contribution in [1.82, 2.24) is 0 Å². The lowest BCUT2D eigenvalue weighted by Crippen LogP contribution is -2.69. The van der Waals surface area contributed by atoms with Crippen molar-refractivity contribution in [1.29, 1.82) is 0 Å². The third-order valence-electron chi connectivity index (χ3n) is 7.57. The quantitative estimate of drug-likeness (QED) is 0.254. The van der Waals surface area contributed by atoms with Crippen LogP contribution in [-0.2, 0) is 36.8 Å². The molecular weight excluding hydrogens is 531 g/mol. The summed E-state index contributed by atoms with van der Waals surface area (Å²) in [5, 5.41) is 0. The number of benzene rings is 1. The summed E-state index contributed by atoms with van der Waals surface area (Å²) in [6, 6.07) is 6.41.